The largest absolute Gasteiger partial charge is 0.319 e. The summed E-state index contributed by atoms with van der Waals surface area (Å²) in [6, 6.07) is 8.62. The Bertz CT molecular complexity index is 927. The summed E-state index contributed by atoms with van der Waals surface area (Å²) in [6.45, 7) is 1.78. The van der Waals surface area contributed by atoms with Crippen LogP contribution in [0.5, 0.6) is 0 Å². The zero-order chi connectivity index (χ0) is 17.8. The van der Waals surface area contributed by atoms with Gasteiger partial charge in [-0.1, -0.05) is 6.07 Å². The number of thiazole rings is 1. The van der Waals surface area contributed by atoms with Crippen molar-refractivity contribution in [1.29, 1.82) is 0 Å². The Morgan fingerprint density at radius 3 is 2.48 bits per heavy atom. The van der Waals surface area contributed by atoms with Gasteiger partial charge < -0.3 is 10.6 Å². The van der Waals surface area contributed by atoms with Gasteiger partial charge in [-0.25, -0.2) is 9.37 Å². The summed E-state index contributed by atoms with van der Waals surface area (Å²) in [5.74, 6) is -1.49. The number of benzene rings is 1. The molecule has 0 saturated heterocycles. The number of aromatic nitrogens is 2. The van der Waals surface area contributed by atoms with E-state index < -0.39 is 17.6 Å². The summed E-state index contributed by atoms with van der Waals surface area (Å²) in [7, 11) is 0. The van der Waals surface area contributed by atoms with Crippen LogP contribution in [-0.2, 0) is 0 Å². The zero-order valence-corrected chi connectivity index (χ0v) is 13.9. The zero-order valence-electron chi connectivity index (χ0n) is 13.1. The number of hydrogen-bond acceptors (Lipinski definition) is 5. The maximum absolute atomic E-state index is 13.6. The first-order valence-corrected chi connectivity index (χ1v) is 8.16. The Morgan fingerprint density at radius 1 is 1.04 bits per heavy atom. The second-order valence-corrected chi connectivity index (χ2v) is 6.13. The van der Waals surface area contributed by atoms with Gasteiger partial charge in [-0.3, -0.25) is 14.6 Å². The van der Waals surface area contributed by atoms with Crippen LogP contribution in [0.1, 0.15) is 26.0 Å². The number of rotatable bonds is 4. The van der Waals surface area contributed by atoms with Gasteiger partial charge in [0.1, 0.15) is 17.2 Å². The molecule has 1 aromatic carbocycles. The van der Waals surface area contributed by atoms with Crippen LogP contribution in [0.4, 0.5) is 15.8 Å². The standard InChI is InChI=1S/C17H13FN4O2S/c1-10-20-15(9-25-10)17(24)22-14-8-11(18)5-6-12(14)21-16(23)13-4-2-3-7-19-13/h2-9H,1H3,(H,21,23)(H,22,24). The molecule has 0 saturated carbocycles. The Balaban J connectivity index is 1.83. The van der Waals surface area contributed by atoms with E-state index >= 15 is 0 Å². The summed E-state index contributed by atoms with van der Waals surface area (Å²) >= 11 is 1.33. The maximum Gasteiger partial charge on any atom is 0.275 e. The molecule has 0 spiro atoms. The van der Waals surface area contributed by atoms with Crippen LogP contribution in [0.2, 0.25) is 0 Å². The van der Waals surface area contributed by atoms with Gasteiger partial charge in [-0.05, 0) is 37.3 Å². The number of pyridine rings is 1. The summed E-state index contributed by atoms with van der Waals surface area (Å²) in [6.07, 6.45) is 1.49. The third-order valence-corrected chi connectivity index (χ3v) is 4.00. The van der Waals surface area contributed by atoms with Gasteiger partial charge in [0.05, 0.1) is 16.4 Å². The Kier molecular flexibility index (Phi) is 4.80. The number of aryl methyl sites for hydroxylation is 1. The monoisotopic (exact) mass is 356 g/mol. The molecule has 6 nitrogen and oxygen atoms in total. The highest BCUT2D eigenvalue weighted by molar-refractivity contribution is 7.09. The highest BCUT2D eigenvalue weighted by Crippen LogP contribution is 2.24. The molecule has 2 amide bonds. The van der Waals surface area contributed by atoms with Gasteiger partial charge >= 0.3 is 0 Å². The van der Waals surface area contributed by atoms with Crippen LogP contribution in [0, 0.1) is 12.7 Å². The molecule has 0 aliphatic rings. The van der Waals surface area contributed by atoms with Crippen molar-refractivity contribution in [3.63, 3.8) is 0 Å². The first-order valence-electron chi connectivity index (χ1n) is 7.28. The van der Waals surface area contributed by atoms with E-state index in [2.05, 4.69) is 20.6 Å². The molecule has 25 heavy (non-hydrogen) atoms. The van der Waals surface area contributed by atoms with Crippen molar-refractivity contribution in [2.24, 2.45) is 0 Å². The number of carbonyl (C=O) groups is 2. The molecule has 0 radical (unpaired) electrons. The van der Waals surface area contributed by atoms with Gasteiger partial charge in [-0.2, -0.15) is 0 Å². The Hall–Kier alpha value is -3.13. The van der Waals surface area contributed by atoms with Crippen LogP contribution in [0.15, 0.2) is 48.0 Å². The fraction of sp³-hybridized carbons (Fsp3) is 0.0588. The second-order valence-electron chi connectivity index (χ2n) is 5.06. The van der Waals surface area contributed by atoms with Crippen molar-refractivity contribution in [2.75, 3.05) is 10.6 Å². The number of carbonyl (C=O) groups excluding carboxylic acids is 2. The van der Waals surface area contributed by atoms with E-state index in [0.29, 0.717) is 0 Å². The van der Waals surface area contributed by atoms with E-state index in [1.165, 1.54) is 29.7 Å². The maximum atomic E-state index is 13.6. The number of halogens is 1. The van der Waals surface area contributed by atoms with E-state index in [-0.39, 0.29) is 22.8 Å². The molecule has 0 fully saturated rings. The number of amides is 2. The lowest BCUT2D eigenvalue weighted by molar-refractivity contribution is 0.101. The molecule has 2 aromatic heterocycles. The van der Waals surface area contributed by atoms with E-state index in [0.717, 1.165) is 11.1 Å². The number of hydrogen-bond donors (Lipinski definition) is 2. The van der Waals surface area contributed by atoms with Gasteiger partial charge in [0, 0.05) is 11.6 Å². The van der Waals surface area contributed by atoms with Crippen LogP contribution < -0.4 is 10.6 Å². The first-order chi connectivity index (χ1) is 12.0. The summed E-state index contributed by atoms with van der Waals surface area (Å²) in [5, 5.41) is 7.53. The molecule has 2 N–H and O–H groups in total. The van der Waals surface area contributed by atoms with Crippen molar-refractivity contribution in [3.05, 3.63) is 70.2 Å². The van der Waals surface area contributed by atoms with Crippen molar-refractivity contribution in [3.8, 4) is 0 Å². The van der Waals surface area contributed by atoms with Gasteiger partial charge in [0.15, 0.2) is 0 Å². The molecule has 0 bridgehead atoms. The SMILES string of the molecule is Cc1nc(C(=O)Nc2cc(F)ccc2NC(=O)c2ccccn2)cs1. The molecule has 8 heteroatoms. The minimum atomic E-state index is -0.541. The summed E-state index contributed by atoms with van der Waals surface area (Å²) in [5.41, 5.74) is 0.838. The molecule has 126 valence electrons. The normalized spacial score (nSPS) is 10.3. The third-order valence-electron chi connectivity index (χ3n) is 3.23. The second kappa shape index (κ2) is 7.18. The van der Waals surface area contributed by atoms with E-state index in [1.807, 2.05) is 0 Å². The molecule has 0 aliphatic carbocycles. The van der Waals surface area contributed by atoms with Crippen LogP contribution in [0.25, 0.3) is 0 Å². The predicted octanol–water partition coefficient (Wildman–Crippen LogP) is 3.49. The van der Waals surface area contributed by atoms with E-state index in [9.17, 15) is 14.0 Å². The molecule has 3 aromatic rings. The molecule has 0 aliphatic heterocycles. The average Bonchev–Trinajstić information content (AvgIpc) is 3.04. The molecule has 3 rings (SSSR count). The minimum Gasteiger partial charge on any atom is -0.319 e. The number of nitrogens with one attached hydrogen (secondary N) is 2. The van der Waals surface area contributed by atoms with Crippen molar-refractivity contribution < 1.29 is 14.0 Å². The van der Waals surface area contributed by atoms with Crippen molar-refractivity contribution >= 4 is 34.5 Å². The van der Waals surface area contributed by atoms with Crippen molar-refractivity contribution in [2.45, 2.75) is 6.92 Å². The fourth-order valence-corrected chi connectivity index (χ4v) is 2.66. The molecule has 0 unspecified atom stereocenters. The van der Waals surface area contributed by atoms with Crippen LogP contribution >= 0.6 is 11.3 Å². The topological polar surface area (TPSA) is 84.0 Å². The quantitative estimate of drug-likeness (QED) is 0.749. The van der Waals surface area contributed by atoms with Crippen LogP contribution in [0.3, 0.4) is 0 Å². The lowest BCUT2D eigenvalue weighted by Crippen LogP contribution is -2.18. The smallest absolute Gasteiger partial charge is 0.275 e. The summed E-state index contributed by atoms with van der Waals surface area (Å²) in [4.78, 5) is 32.5. The molecule has 2 heterocycles. The highest BCUT2D eigenvalue weighted by atomic mass is 32.1. The van der Waals surface area contributed by atoms with Gasteiger partial charge in [0.25, 0.3) is 11.8 Å². The number of nitrogens with zero attached hydrogens (tertiary/aromatic N) is 2. The first kappa shape index (κ1) is 16.7. The van der Waals surface area contributed by atoms with Crippen LogP contribution in [-0.4, -0.2) is 21.8 Å². The molecular formula is C17H13FN4O2S. The number of anilines is 2. The van der Waals surface area contributed by atoms with Gasteiger partial charge in [0.2, 0.25) is 0 Å². The van der Waals surface area contributed by atoms with E-state index in [1.54, 1.807) is 30.5 Å². The highest BCUT2D eigenvalue weighted by Gasteiger charge is 2.15. The van der Waals surface area contributed by atoms with Crippen molar-refractivity contribution in [1.82, 2.24) is 9.97 Å². The summed E-state index contributed by atoms with van der Waals surface area (Å²) < 4.78 is 13.6. The lowest BCUT2D eigenvalue weighted by Gasteiger charge is -2.12. The lowest BCUT2D eigenvalue weighted by atomic mass is 10.2. The van der Waals surface area contributed by atoms with Gasteiger partial charge in [-0.15, -0.1) is 11.3 Å². The third kappa shape index (κ3) is 4.04. The molecule has 0 atom stereocenters. The average molecular weight is 356 g/mol. The van der Waals surface area contributed by atoms with E-state index in [4.69, 9.17) is 0 Å². The Labute approximate surface area is 146 Å². The fourth-order valence-electron chi connectivity index (χ4n) is 2.07. The minimum absolute atomic E-state index is 0.139. The molecular weight excluding hydrogens is 343 g/mol. The predicted molar refractivity (Wildman–Crippen MR) is 93.4 cm³/mol. The Morgan fingerprint density at radius 2 is 1.80 bits per heavy atom.